The number of hydrogen-bond donors (Lipinski definition) is 0. The van der Waals surface area contributed by atoms with E-state index in [4.69, 9.17) is 0 Å². The molecule has 0 radical (unpaired) electrons. The minimum absolute atomic E-state index is 0.238. The largest absolute Gasteiger partial charge is 0.305 e. The maximum absolute atomic E-state index is 13.4. The van der Waals surface area contributed by atoms with Crippen LogP contribution in [-0.4, -0.2) is 9.38 Å². The summed E-state index contributed by atoms with van der Waals surface area (Å²) in [6.45, 7) is 3.61. The third kappa shape index (κ3) is 1.25. The molecule has 2 heterocycles. The first-order valence-electron chi connectivity index (χ1n) is 3.89. The minimum Gasteiger partial charge on any atom is -0.305 e. The molecule has 0 saturated heterocycles. The van der Waals surface area contributed by atoms with Gasteiger partial charge in [-0.15, -0.1) is 0 Å². The predicted molar refractivity (Wildman–Crippen MR) is 52.3 cm³/mol. The summed E-state index contributed by atoms with van der Waals surface area (Å²) in [5.41, 5.74) is 2.14. The van der Waals surface area contributed by atoms with Crippen LogP contribution in [0.2, 0.25) is 0 Å². The van der Waals surface area contributed by atoms with Crippen LogP contribution in [0.5, 0.6) is 0 Å². The molecule has 4 heteroatoms. The van der Waals surface area contributed by atoms with Crippen molar-refractivity contribution in [3.05, 3.63) is 33.9 Å². The number of hydrogen-bond acceptors (Lipinski definition) is 1. The molecule has 2 rings (SSSR count). The number of halogens is 2. The van der Waals surface area contributed by atoms with Crippen molar-refractivity contribution in [1.82, 2.24) is 9.38 Å². The Kier molecular flexibility index (Phi) is 1.87. The van der Waals surface area contributed by atoms with Gasteiger partial charge in [-0.05, 0) is 29.8 Å². The molecule has 0 fully saturated rings. The summed E-state index contributed by atoms with van der Waals surface area (Å²) in [4.78, 5) is 4.22. The van der Waals surface area contributed by atoms with Crippen LogP contribution in [0.25, 0.3) is 5.65 Å². The quantitative estimate of drug-likeness (QED) is 0.695. The van der Waals surface area contributed by atoms with E-state index < -0.39 is 0 Å². The fourth-order valence-electron chi connectivity index (χ4n) is 1.35. The van der Waals surface area contributed by atoms with Crippen LogP contribution in [0.15, 0.2) is 16.9 Å². The Morgan fingerprint density at radius 3 is 2.77 bits per heavy atom. The molecule has 2 aromatic rings. The molecular weight excluding hydrogens is 235 g/mol. The van der Waals surface area contributed by atoms with Crippen molar-refractivity contribution >= 4 is 21.6 Å². The van der Waals surface area contributed by atoms with Gasteiger partial charge in [0.05, 0.1) is 10.2 Å². The molecule has 0 aliphatic carbocycles. The van der Waals surface area contributed by atoms with Gasteiger partial charge < -0.3 is 4.40 Å². The summed E-state index contributed by atoms with van der Waals surface area (Å²) < 4.78 is 15.7. The number of nitrogens with zero attached hydrogens (tertiary/aromatic N) is 2. The Balaban J connectivity index is 2.92. The fourth-order valence-corrected chi connectivity index (χ4v) is 1.87. The van der Waals surface area contributed by atoms with E-state index in [-0.39, 0.29) is 5.82 Å². The maximum Gasteiger partial charge on any atom is 0.145 e. The Morgan fingerprint density at radius 1 is 1.38 bits per heavy atom. The molecule has 68 valence electrons. The molecule has 0 N–H and O–H groups in total. The Hall–Kier alpha value is -0.900. The molecule has 2 nitrogen and oxygen atoms in total. The summed E-state index contributed by atoms with van der Waals surface area (Å²) in [5.74, 6) is -0.238. The van der Waals surface area contributed by atoms with E-state index in [0.29, 0.717) is 15.7 Å². The number of rotatable bonds is 0. The zero-order valence-electron chi connectivity index (χ0n) is 7.31. The standard InChI is InChI=1S/C9H8BrFN2/c1-5-3-13-4-7(10)8(11)6(2)9(13)12-5/h3-4H,1-2H3. The van der Waals surface area contributed by atoms with Crippen molar-refractivity contribution in [3.63, 3.8) is 0 Å². The van der Waals surface area contributed by atoms with Crippen LogP contribution >= 0.6 is 15.9 Å². The first kappa shape index (κ1) is 8.69. The first-order chi connectivity index (χ1) is 6.09. The van der Waals surface area contributed by atoms with Crippen LogP contribution in [0.4, 0.5) is 4.39 Å². The second kappa shape index (κ2) is 2.80. The van der Waals surface area contributed by atoms with Gasteiger partial charge in [0.1, 0.15) is 11.5 Å². The van der Waals surface area contributed by atoms with E-state index in [1.54, 1.807) is 13.1 Å². The third-order valence-electron chi connectivity index (χ3n) is 1.98. The van der Waals surface area contributed by atoms with Gasteiger partial charge in [-0.3, -0.25) is 0 Å². The summed E-state index contributed by atoms with van der Waals surface area (Å²) in [6, 6.07) is 0. The Morgan fingerprint density at radius 2 is 2.08 bits per heavy atom. The average Bonchev–Trinajstić information content (AvgIpc) is 2.42. The molecular formula is C9H8BrFN2. The van der Waals surface area contributed by atoms with E-state index in [2.05, 4.69) is 20.9 Å². The lowest BCUT2D eigenvalue weighted by molar-refractivity contribution is 0.610. The van der Waals surface area contributed by atoms with Gasteiger partial charge >= 0.3 is 0 Å². The molecule has 2 aromatic heterocycles. The van der Waals surface area contributed by atoms with E-state index in [0.717, 1.165) is 5.69 Å². The summed E-state index contributed by atoms with van der Waals surface area (Å²) in [5, 5.41) is 0. The normalized spacial score (nSPS) is 11.1. The molecule has 0 saturated carbocycles. The topological polar surface area (TPSA) is 17.3 Å². The monoisotopic (exact) mass is 242 g/mol. The zero-order chi connectivity index (χ0) is 9.59. The van der Waals surface area contributed by atoms with Crippen molar-refractivity contribution in [1.29, 1.82) is 0 Å². The highest BCUT2D eigenvalue weighted by molar-refractivity contribution is 9.10. The van der Waals surface area contributed by atoms with Gasteiger partial charge in [-0.25, -0.2) is 9.37 Å². The van der Waals surface area contributed by atoms with Crippen molar-refractivity contribution in [3.8, 4) is 0 Å². The number of aromatic nitrogens is 2. The lowest BCUT2D eigenvalue weighted by atomic mass is 10.3. The molecule has 0 aliphatic rings. The van der Waals surface area contributed by atoms with Crippen molar-refractivity contribution < 1.29 is 4.39 Å². The van der Waals surface area contributed by atoms with Gasteiger partial charge in [0.15, 0.2) is 0 Å². The second-order valence-corrected chi connectivity index (χ2v) is 3.88. The highest BCUT2D eigenvalue weighted by atomic mass is 79.9. The van der Waals surface area contributed by atoms with E-state index in [9.17, 15) is 4.39 Å². The van der Waals surface area contributed by atoms with Gasteiger partial charge in [-0.2, -0.15) is 0 Å². The molecule has 0 atom stereocenters. The smallest absolute Gasteiger partial charge is 0.145 e. The number of pyridine rings is 1. The zero-order valence-corrected chi connectivity index (χ0v) is 8.89. The van der Waals surface area contributed by atoms with Crippen LogP contribution in [0.1, 0.15) is 11.3 Å². The Bertz CT molecular complexity index is 476. The summed E-state index contributed by atoms with van der Waals surface area (Å²) >= 11 is 3.15. The van der Waals surface area contributed by atoms with E-state index in [1.807, 2.05) is 17.5 Å². The van der Waals surface area contributed by atoms with Crippen LogP contribution < -0.4 is 0 Å². The Labute approximate surface area is 83.5 Å². The maximum atomic E-state index is 13.4. The van der Waals surface area contributed by atoms with Gasteiger partial charge in [0.25, 0.3) is 0 Å². The van der Waals surface area contributed by atoms with E-state index in [1.165, 1.54) is 0 Å². The molecule has 0 unspecified atom stereocenters. The second-order valence-electron chi connectivity index (χ2n) is 3.03. The van der Waals surface area contributed by atoms with Crippen molar-refractivity contribution in [2.24, 2.45) is 0 Å². The number of aryl methyl sites for hydroxylation is 2. The first-order valence-corrected chi connectivity index (χ1v) is 4.69. The third-order valence-corrected chi connectivity index (χ3v) is 2.53. The lowest BCUT2D eigenvalue weighted by Gasteiger charge is -2.01. The van der Waals surface area contributed by atoms with Crippen LogP contribution in [0.3, 0.4) is 0 Å². The van der Waals surface area contributed by atoms with Crippen LogP contribution in [-0.2, 0) is 0 Å². The molecule has 0 amide bonds. The average molecular weight is 243 g/mol. The van der Waals surface area contributed by atoms with E-state index >= 15 is 0 Å². The molecule has 0 aromatic carbocycles. The predicted octanol–water partition coefficient (Wildman–Crippen LogP) is 2.85. The minimum atomic E-state index is -0.238. The van der Waals surface area contributed by atoms with Gasteiger partial charge in [0, 0.05) is 18.0 Å². The highest BCUT2D eigenvalue weighted by Gasteiger charge is 2.09. The molecule has 0 bridgehead atoms. The van der Waals surface area contributed by atoms with Gasteiger partial charge in [-0.1, -0.05) is 0 Å². The fraction of sp³-hybridized carbons (Fsp3) is 0.222. The number of imidazole rings is 1. The summed E-state index contributed by atoms with van der Waals surface area (Å²) in [7, 11) is 0. The van der Waals surface area contributed by atoms with Crippen LogP contribution in [0, 0.1) is 19.7 Å². The summed E-state index contributed by atoms with van der Waals surface area (Å²) in [6.07, 6.45) is 3.55. The molecule has 13 heavy (non-hydrogen) atoms. The highest BCUT2D eigenvalue weighted by Crippen LogP contribution is 2.21. The number of fused-ring (bicyclic) bond motifs is 1. The van der Waals surface area contributed by atoms with Crippen molar-refractivity contribution in [2.75, 3.05) is 0 Å². The lowest BCUT2D eigenvalue weighted by Crippen LogP contribution is -1.92. The molecule has 0 aliphatic heterocycles. The SMILES string of the molecule is Cc1cn2cc(Br)c(F)c(C)c2n1. The van der Waals surface area contributed by atoms with Gasteiger partial charge in [0.2, 0.25) is 0 Å². The van der Waals surface area contributed by atoms with Crippen molar-refractivity contribution in [2.45, 2.75) is 13.8 Å². The molecule has 0 spiro atoms.